The molecular formula is C15H13ClN2O3S. The van der Waals surface area contributed by atoms with E-state index in [1.54, 1.807) is 19.1 Å². The van der Waals surface area contributed by atoms with Crippen LogP contribution in [0.1, 0.15) is 6.92 Å². The molecule has 1 amide bonds. The Kier molecular flexibility index (Phi) is 5.41. The predicted molar refractivity (Wildman–Crippen MR) is 88.5 cm³/mol. The number of anilines is 1. The number of carbonyl (C=O) groups excluding carboxylic acids is 1. The number of nitro benzene ring substituents is 1. The minimum atomic E-state index is -0.502. The van der Waals surface area contributed by atoms with Crippen LogP contribution >= 0.6 is 23.4 Å². The summed E-state index contributed by atoms with van der Waals surface area (Å²) >= 11 is 7.39. The number of rotatable bonds is 5. The number of nitro groups is 1. The Balaban J connectivity index is 2.04. The van der Waals surface area contributed by atoms with Crippen LogP contribution in [0, 0.1) is 10.1 Å². The zero-order valence-corrected chi connectivity index (χ0v) is 13.2. The highest BCUT2D eigenvalue weighted by molar-refractivity contribution is 8.00. The maximum Gasteiger partial charge on any atom is 0.271 e. The van der Waals surface area contributed by atoms with Gasteiger partial charge in [-0.25, -0.2) is 0 Å². The molecule has 0 aliphatic heterocycles. The molecule has 0 aliphatic carbocycles. The molecule has 1 N–H and O–H groups in total. The van der Waals surface area contributed by atoms with Crippen LogP contribution in [0.4, 0.5) is 11.4 Å². The maximum absolute atomic E-state index is 12.2. The Labute approximate surface area is 136 Å². The van der Waals surface area contributed by atoms with Gasteiger partial charge in [0.2, 0.25) is 5.91 Å². The molecule has 5 nitrogen and oxygen atoms in total. The van der Waals surface area contributed by atoms with Gasteiger partial charge in [-0.15, -0.1) is 11.8 Å². The molecule has 0 fully saturated rings. The van der Waals surface area contributed by atoms with E-state index in [-0.39, 0.29) is 16.8 Å². The van der Waals surface area contributed by atoms with Crippen molar-refractivity contribution < 1.29 is 9.72 Å². The number of hydrogen-bond acceptors (Lipinski definition) is 4. The van der Waals surface area contributed by atoms with E-state index in [0.717, 1.165) is 4.90 Å². The van der Waals surface area contributed by atoms with Crippen LogP contribution in [0.25, 0.3) is 0 Å². The third-order valence-corrected chi connectivity index (χ3v) is 4.45. The van der Waals surface area contributed by atoms with Crippen molar-refractivity contribution in [3.8, 4) is 0 Å². The van der Waals surface area contributed by atoms with Crippen molar-refractivity contribution in [2.75, 3.05) is 5.32 Å². The lowest BCUT2D eigenvalue weighted by molar-refractivity contribution is -0.384. The predicted octanol–water partition coefficient (Wildman–Crippen LogP) is 4.37. The molecule has 1 unspecified atom stereocenters. The number of nitrogens with zero attached hydrogens (tertiary/aromatic N) is 1. The first-order chi connectivity index (χ1) is 10.5. The minimum Gasteiger partial charge on any atom is -0.325 e. The van der Waals surface area contributed by atoms with E-state index >= 15 is 0 Å². The van der Waals surface area contributed by atoms with Crippen LogP contribution in [-0.2, 0) is 4.79 Å². The molecule has 2 aromatic rings. The number of benzene rings is 2. The summed E-state index contributed by atoms with van der Waals surface area (Å²) in [7, 11) is 0. The zero-order chi connectivity index (χ0) is 16.1. The molecule has 0 heterocycles. The van der Waals surface area contributed by atoms with Crippen LogP contribution in [0.15, 0.2) is 53.4 Å². The highest BCUT2D eigenvalue weighted by atomic mass is 35.5. The van der Waals surface area contributed by atoms with E-state index in [2.05, 4.69) is 5.32 Å². The first-order valence-corrected chi connectivity index (χ1v) is 7.69. The monoisotopic (exact) mass is 336 g/mol. The molecule has 0 saturated carbocycles. The van der Waals surface area contributed by atoms with Crippen LogP contribution in [0.2, 0.25) is 5.02 Å². The van der Waals surface area contributed by atoms with Gasteiger partial charge in [0.05, 0.1) is 15.2 Å². The Bertz CT molecular complexity index is 709. The summed E-state index contributed by atoms with van der Waals surface area (Å²) in [5.74, 6) is -0.245. The largest absolute Gasteiger partial charge is 0.325 e. The summed E-state index contributed by atoms with van der Waals surface area (Å²) in [4.78, 5) is 23.2. The topological polar surface area (TPSA) is 72.2 Å². The zero-order valence-electron chi connectivity index (χ0n) is 11.7. The molecule has 1 atom stereocenters. The standard InChI is InChI=1S/C15H13ClN2O3S/c1-10(22-14-8-3-2-7-13(14)16)15(19)17-11-5-4-6-12(9-11)18(20)21/h2-10H,1H3,(H,17,19). The first-order valence-electron chi connectivity index (χ1n) is 6.44. The molecule has 0 bridgehead atoms. The Morgan fingerprint density at radius 3 is 2.68 bits per heavy atom. The third kappa shape index (κ3) is 4.22. The molecule has 0 radical (unpaired) electrons. The normalized spacial score (nSPS) is 11.7. The maximum atomic E-state index is 12.2. The highest BCUT2D eigenvalue weighted by Gasteiger charge is 2.16. The molecule has 0 spiro atoms. The summed E-state index contributed by atoms with van der Waals surface area (Å²) in [6, 6.07) is 13.1. The van der Waals surface area contributed by atoms with E-state index < -0.39 is 4.92 Å². The van der Waals surface area contributed by atoms with E-state index in [9.17, 15) is 14.9 Å². The lowest BCUT2D eigenvalue weighted by atomic mass is 10.2. The minimum absolute atomic E-state index is 0.0655. The third-order valence-electron chi connectivity index (χ3n) is 2.83. The van der Waals surface area contributed by atoms with E-state index in [1.165, 1.54) is 30.0 Å². The number of nitrogens with one attached hydrogen (secondary N) is 1. The average Bonchev–Trinajstić information content (AvgIpc) is 2.49. The van der Waals surface area contributed by atoms with Gasteiger partial charge in [-0.2, -0.15) is 0 Å². The van der Waals surface area contributed by atoms with Crippen molar-refractivity contribution in [3.63, 3.8) is 0 Å². The number of hydrogen-bond donors (Lipinski definition) is 1. The van der Waals surface area contributed by atoms with Crippen molar-refractivity contribution in [2.45, 2.75) is 17.1 Å². The van der Waals surface area contributed by atoms with Crippen LogP contribution in [-0.4, -0.2) is 16.1 Å². The summed E-state index contributed by atoms with van der Waals surface area (Å²) in [6.07, 6.45) is 0. The fraction of sp³-hybridized carbons (Fsp3) is 0.133. The lowest BCUT2D eigenvalue weighted by Gasteiger charge is -2.12. The van der Waals surface area contributed by atoms with Gasteiger partial charge in [0.25, 0.3) is 5.69 Å². The SMILES string of the molecule is CC(Sc1ccccc1Cl)C(=O)Nc1cccc([N+](=O)[O-])c1. The molecule has 0 aromatic heterocycles. The van der Waals surface area contributed by atoms with E-state index in [1.807, 2.05) is 18.2 Å². The van der Waals surface area contributed by atoms with Crippen LogP contribution in [0.3, 0.4) is 0 Å². The molecular weight excluding hydrogens is 324 g/mol. The first kappa shape index (κ1) is 16.3. The Morgan fingerprint density at radius 1 is 1.27 bits per heavy atom. The molecule has 0 saturated heterocycles. The van der Waals surface area contributed by atoms with Gasteiger partial charge in [0, 0.05) is 22.7 Å². The van der Waals surface area contributed by atoms with Crippen molar-refractivity contribution in [2.24, 2.45) is 0 Å². The van der Waals surface area contributed by atoms with Gasteiger partial charge in [-0.05, 0) is 25.1 Å². The number of non-ortho nitro benzene ring substituents is 1. The van der Waals surface area contributed by atoms with E-state index in [4.69, 9.17) is 11.6 Å². The summed E-state index contributed by atoms with van der Waals surface area (Å²) in [5.41, 5.74) is 0.329. The van der Waals surface area contributed by atoms with Gasteiger partial charge >= 0.3 is 0 Å². The number of thioether (sulfide) groups is 1. The van der Waals surface area contributed by atoms with Crippen LogP contribution < -0.4 is 5.32 Å². The van der Waals surface area contributed by atoms with Gasteiger partial charge in [-0.1, -0.05) is 29.8 Å². The van der Waals surface area contributed by atoms with Gasteiger partial charge in [0.15, 0.2) is 0 Å². The number of carbonyl (C=O) groups is 1. The second-order valence-corrected chi connectivity index (χ2v) is 6.28. The van der Waals surface area contributed by atoms with Gasteiger partial charge in [-0.3, -0.25) is 14.9 Å². The molecule has 114 valence electrons. The smallest absolute Gasteiger partial charge is 0.271 e. The quantitative estimate of drug-likeness (QED) is 0.500. The molecule has 2 aromatic carbocycles. The van der Waals surface area contributed by atoms with Crippen molar-refractivity contribution in [1.82, 2.24) is 0 Å². The summed E-state index contributed by atoms with van der Waals surface area (Å²) in [5, 5.41) is 13.6. The van der Waals surface area contributed by atoms with Crippen molar-refractivity contribution in [3.05, 3.63) is 63.7 Å². The fourth-order valence-corrected chi connectivity index (χ4v) is 2.88. The molecule has 22 heavy (non-hydrogen) atoms. The number of halogens is 1. The Hall–Kier alpha value is -2.05. The van der Waals surface area contributed by atoms with Crippen molar-refractivity contribution >= 4 is 40.6 Å². The molecule has 2 rings (SSSR count). The fourth-order valence-electron chi connectivity index (χ4n) is 1.73. The van der Waals surface area contributed by atoms with Crippen LogP contribution in [0.5, 0.6) is 0 Å². The molecule has 7 heteroatoms. The van der Waals surface area contributed by atoms with Gasteiger partial charge in [0.1, 0.15) is 0 Å². The second-order valence-electron chi connectivity index (χ2n) is 4.49. The van der Waals surface area contributed by atoms with E-state index in [0.29, 0.717) is 10.7 Å². The molecule has 0 aliphatic rings. The average molecular weight is 337 g/mol. The number of amides is 1. The summed E-state index contributed by atoms with van der Waals surface area (Å²) in [6.45, 7) is 1.75. The lowest BCUT2D eigenvalue weighted by Crippen LogP contribution is -2.22. The highest BCUT2D eigenvalue weighted by Crippen LogP contribution is 2.30. The summed E-state index contributed by atoms with van der Waals surface area (Å²) < 4.78 is 0. The second kappa shape index (κ2) is 7.29. The van der Waals surface area contributed by atoms with Gasteiger partial charge < -0.3 is 5.32 Å². The van der Waals surface area contributed by atoms with Crippen molar-refractivity contribution in [1.29, 1.82) is 0 Å². The Morgan fingerprint density at radius 2 is 2.00 bits per heavy atom.